The summed E-state index contributed by atoms with van der Waals surface area (Å²) in [6.07, 6.45) is 1.62. The number of phenols is 1. The molecule has 0 bridgehead atoms. The minimum Gasteiger partial charge on any atom is -0.507 e. The van der Waals surface area contributed by atoms with E-state index in [0.29, 0.717) is 15.5 Å². The summed E-state index contributed by atoms with van der Waals surface area (Å²) in [5.74, 6) is -1.27. The lowest BCUT2D eigenvalue weighted by molar-refractivity contribution is -0.123. The van der Waals surface area contributed by atoms with Gasteiger partial charge in [0.2, 0.25) is 0 Å². The maximum atomic E-state index is 12.5. The number of hydrazine groups is 1. The van der Waals surface area contributed by atoms with Crippen LogP contribution in [-0.2, 0) is 4.79 Å². The van der Waals surface area contributed by atoms with E-state index in [-0.39, 0.29) is 15.6 Å². The van der Waals surface area contributed by atoms with Crippen LogP contribution >= 0.6 is 35.6 Å². The monoisotopic (exact) mass is 390 g/mol. The zero-order chi connectivity index (χ0) is 18.0. The molecule has 0 aliphatic carbocycles. The average molecular weight is 391 g/mol. The molecule has 0 atom stereocenters. The summed E-state index contributed by atoms with van der Waals surface area (Å²) in [5.41, 5.74) is 3.14. The van der Waals surface area contributed by atoms with Gasteiger partial charge in [-0.2, -0.15) is 5.01 Å². The fourth-order valence-corrected chi connectivity index (χ4v) is 3.49. The fourth-order valence-electron chi connectivity index (χ4n) is 2.12. The molecule has 0 spiro atoms. The van der Waals surface area contributed by atoms with Crippen LogP contribution in [0.2, 0.25) is 5.02 Å². The molecule has 2 aromatic rings. The van der Waals surface area contributed by atoms with Crippen LogP contribution in [0.25, 0.3) is 6.08 Å². The van der Waals surface area contributed by atoms with Gasteiger partial charge in [-0.3, -0.25) is 15.0 Å². The second-order valence-electron chi connectivity index (χ2n) is 5.00. The number of amides is 2. The van der Waals surface area contributed by atoms with E-state index in [9.17, 15) is 14.7 Å². The lowest BCUT2D eigenvalue weighted by Crippen LogP contribution is -2.44. The quantitative estimate of drug-likeness (QED) is 0.619. The Morgan fingerprint density at radius 3 is 2.60 bits per heavy atom. The Balaban J connectivity index is 1.81. The standard InChI is InChI=1S/C17H11ClN2O3S2/c18-12-7-3-1-5-10(12)9-14-16(23)20(17(24)25-14)19-15(22)11-6-2-4-8-13(11)21/h1-9,21H,(H,19,22)/b14-9+. The summed E-state index contributed by atoms with van der Waals surface area (Å²) < 4.78 is 0.187. The number of hydrogen-bond donors (Lipinski definition) is 2. The van der Waals surface area contributed by atoms with Crippen LogP contribution in [-0.4, -0.2) is 26.3 Å². The van der Waals surface area contributed by atoms with Crippen molar-refractivity contribution in [2.24, 2.45) is 0 Å². The summed E-state index contributed by atoms with van der Waals surface area (Å²) in [4.78, 5) is 25.1. The summed E-state index contributed by atoms with van der Waals surface area (Å²) in [6.45, 7) is 0. The highest BCUT2D eigenvalue weighted by atomic mass is 35.5. The van der Waals surface area contributed by atoms with E-state index in [1.807, 2.05) is 0 Å². The Morgan fingerprint density at radius 2 is 1.88 bits per heavy atom. The van der Waals surface area contributed by atoms with Gasteiger partial charge >= 0.3 is 0 Å². The average Bonchev–Trinajstić information content (AvgIpc) is 2.85. The number of phenolic OH excluding ortho intramolecular Hbond substituents is 1. The minimum atomic E-state index is -0.631. The molecule has 126 valence electrons. The number of nitrogens with one attached hydrogen (secondary N) is 1. The van der Waals surface area contributed by atoms with Crippen LogP contribution in [0, 0.1) is 0 Å². The number of benzene rings is 2. The first-order valence-corrected chi connectivity index (χ1v) is 8.69. The smallest absolute Gasteiger partial charge is 0.285 e. The summed E-state index contributed by atoms with van der Waals surface area (Å²) in [7, 11) is 0. The van der Waals surface area contributed by atoms with E-state index in [1.54, 1.807) is 42.5 Å². The molecule has 1 heterocycles. The van der Waals surface area contributed by atoms with Gasteiger partial charge in [-0.25, -0.2) is 0 Å². The van der Waals surface area contributed by atoms with Crippen molar-refractivity contribution < 1.29 is 14.7 Å². The largest absolute Gasteiger partial charge is 0.507 e. The molecule has 25 heavy (non-hydrogen) atoms. The van der Waals surface area contributed by atoms with Crippen LogP contribution in [0.15, 0.2) is 53.4 Å². The van der Waals surface area contributed by atoms with Gasteiger partial charge in [0.25, 0.3) is 11.8 Å². The SMILES string of the molecule is O=C(NN1C(=O)/C(=C\c2ccccc2Cl)SC1=S)c1ccccc1O. The first-order chi connectivity index (χ1) is 12.0. The number of thiocarbonyl (C=S) groups is 1. The van der Waals surface area contributed by atoms with Gasteiger partial charge in [0.1, 0.15) is 5.75 Å². The van der Waals surface area contributed by atoms with Gasteiger partial charge in [-0.05, 0) is 42.1 Å². The highest BCUT2D eigenvalue weighted by Gasteiger charge is 2.34. The summed E-state index contributed by atoms with van der Waals surface area (Å²) in [5, 5.41) is 11.2. The topological polar surface area (TPSA) is 69.6 Å². The van der Waals surface area contributed by atoms with E-state index >= 15 is 0 Å². The number of rotatable bonds is 3. The summed E-state index contributed by atoms with van der Waals surface area (Å²) in [6, 6.07) is 13.1. The highest BCUT2D eigenvalue weighted by molar-refractivity contribution is 8.26. The maximum Gasteiger partial charge on any atom is 0.285 e. The molecule has 1 aliphatic heterocycles. The third kappa shape index (κ3) is 3.68. The van der Waals surface area contributed by atoms with Crippen molar-refractivity contribution in [2.45, 2.75) is 0 Å². The number of hydrogen-bond acceptors (Lipinski definition) is 5. The molecular formula is C17H11ClN2O3S2. The van der Waals surface area contributed by atoms with Crippen molar-refractivity contribution in [1.82, 2.24) is 10.4 Å². The molecule has 8 heteroatoms. The van der Waals surface area contributed by atoms with Gasteiger partial charge in [0.15, 0.2) is 4.32 Å². The van der Waals surface area contributed by atoms with Gasteiger partial charge in [-0.15, -0.1) is 0 Å². The Morgan fingerprint density at radius 1 is 1.20 bits per heavy atom. The van der Waals surface area contributed by atoms with Crippen molar-refractivity contribution in [1.29, 1.82) is 0 Å². The van der Waals surface area contributed by atoms with Gasteiger partial charge in [0.05, 0.1) is 10.5 Å². The van der Waals surface area contributed by atoms with Crippen molar-refractivity contribution >= 4 is 57.8 Å². The maximum absolute atomic E-state index is 12.5. The van der Waals surface area contributed by atoms with E-state index in [1.165, 1.54) is 12.1 Å². The second-order valence-corrected chi connectivity index (χ2v) is 7.08. The molecule has 5 nitrogen and oxygen atoms in total. The number of nitrogens with zero attached hydrogens (tertiary/aromatic N) is 1. The lowest BCUT2D eigenvalue weighted by Gasteiger charge is -2.16. The molecule has 0 aromatic heterocycles. The molecule has 2 N–H and O–H groups in total. The van der Waals surface area contributed by atoms with Gasteiger partial charge < -0.3 is 5.11 Å². The normalized spacial score (nSPS) is 15.7. The lowest BCUT2D eigenvalue weighted by atomic mass is 10.2. The molecule has 2 amide bonds. The van der Waals surface area contributed by atoms with E-state index in [2.05, 4.69) is 5.43 Å². The number of carbonyl (C=O) groups excluding carboxylic acids is 2. The van der Waals surface area contributed by atoms with E-state index < -0.39 is 11.8 Å². The Kier molecular flexibility index (Phi) is 5.08. The second kappa shape index (κ2) is 7.26. The van der Waals surface area contributed by atoms with E-state index in [0.717, 1.165) is 16.8 Å². The predicted octanol–water partition coefficient (Wildman–Crippen LogP) is 3.59. The van der Waals surface area contributed by atoms with Crippen molar-refractivity contribution in [3.8, 4) is 5.75 Å². The number of aromatic hydroxyl groups is 1. The molecular weight excluding hydrogens is 380 g/mol. The highest BCUT2D eigenvalue weighted by Crippen LogP contribution is 2.33. The number of thioether (sulfide) groups is 1. The van der Waals surface area contributed by atoms with Gasteiger partial charge in [-0.1, -0.05) is 53.7 Å². The molecule has 1 fully saturated rings. The summed E-state index contributed by atoms with van der Waals surface area (Å²) >= 11 is 12.3. The van der Waals surface area contributed by atoms with Crippen molar-refractivity contribution in [3.05, 3.63) is 69.6 Å². The van der Waals surface area contributed by atoms with Crippen LogP contribution in [0.4, 0.5) is 0 Å². The zero-order valence-corrected chi connectivity index (χ0v) is 15.0. The molecule has 0 saturated carbocycles. The molecule has 1 aliphatic rings. The molecule has 1 saturated heterocycles. The molecule has 3 rings (SSSR count). The first-order valence-electron chi connectivity index (χ1n) is 7.09. The van der Waals surface area contributed by atoms with Crippen LogP contribution in [0.1, 0.15) is 15.9 Å². The van der Waals surface area contributed by atoms with Crippen LogP contribution in [0.5, 0.6) is 5.75 Å². The zero-order valence-electron chi connectivity index (χ0n) is 12.6. The van der Waals surface area contributed by atoms with Crippen molar-refractivity contribution in [3.63, 3.8) is 0 Å². The van der Waals surface area contributed by atoms with Crippen LogP contribution < -0.4 is 5.43 Å². The fraction of sp³-hybridized carbons (Fsp3) is 0. The predicted molar refractivity (Wildman–Crippen MR) is 102 cm³/mol. The van der Waals surface area contributed by atoms with Crippen molar-refractivity contribution in [2.75, 3.05) is 0 Å². The minimum absolute atomic E-state index is 0.0478. The van der Waals surface area contributed by atoms with Gasteiger partial charge in [0, 0.05) is 5.02 Å². The number of carbonyl (C=O) groups is 2. The molecule has 2 aromatic carbocycles. The molecule has 0 radical (unpaired) electrons. The Bertz CT molecular complexity index is 914. The Labute approximate surface area is 158 Å². The molecule has 0 unspecified atom stereocenters. The van der Waals surface area contributed by atoms with Crippen LogP contribution in [0.3, 0.4) is 0 Å². The Hall–Kier alpha value is -2.35. The number of para-hydroxylation sites is 1. The number of halogens is 1. The first kappa shape index (κ1) is 17.5. The van der Waals surface area contributed by atoms with E-state index in [4.69, 9.17) is 23.8 Å². The third-order valence-electron chi connectivity index (χ3n) is 3.35. The third-order valence-corrected chi connectivity index (χ3v) is 4.99.